The Labute approximate surface area is 154 Å². The van der Waals surface area contributed by atoms with Gasteiger partial charge in [-0.05, 0) is 38.7 Å². The van der Waals surface area contributed by atoms with E-state index in [1.807, 2.05) is 6.92 Å². The van der Waals surface area contributed by atoms with Gasteiger partial charge in [0.2, 0.25) is 0 Å². The van der Waals surface area contributed by atoms with Crippen molar-refractivity contribution in [2.45, 2.75) is 59.9 Å². The zero-order chi connectivity index (χ0) is 19.9. The minimum Gasteiger partial charge on any atom is -0.465 e. The maximum Gasteiger partial charge on any atom is 0.355 e. The maximum absolute atomic E-state index is 12.2. The van der Waals surface area contributed by atoms with E-state index in [-0.39, 0.29) is 24.2 Å². The SMILES string of the molecule is COC(=O)c1c(C)[nH]c(C(=O)OCC(=O)NC(C)CCCC(C)C)c1C. The third-order valence-electron chi connectivity index (χ3n) is 4.19. The van der Waals surface area contributed by atoms with Crippen LogP contribution < -0.4 is 5.32 Å². The minimum atomic E-state index is -0.677. The highest BCUT2D eigenvalue weighted by Crippen LogP contribution is 2.19. The molecule has 0 spiro atoms. The number of H-pyrrole nitrogens is 1. The number of carbonyl (C=O) groups is 3. The van der Waals surface area contributed by atoms with Gasteiger partial charge in [0.25, 0.3) is 5.91 Å². The van der Waals surface area contributed by atoms with Gasteiger partial charge < -0.3 is 19.8 Å². The van der Waals surface area contributed by atoms with E-state index in [1.54, 1.807) is 13.8 Å². The van der Waals surface area contributed by atoms with Crippen LogP contribution in [0, 0.1) is 19.8 Å². The van der Waals surface area contributed by atoms with Gasteiger partial charge in [-0.1, -0.05) is 26.7 Å². The molecule has 2 N–H and O–H groups in total. The van der Waals surface area contributed by atoms with Crippen molar-refractivity contribution in [3.63, 3.8) is 0 Å². The number of nitrogens with one attached hydrogen (secondary N) is 2. The van der Waals surface area contributed by atoms with Gasteiger partial charge in [-0.25, -0.2) is 9.59 Å². The van der Waals surface area contributed by atoms with Crippen LogP contribution >= 0.6 is 0 Å². The molecule has 1 rings (SSSR count). The van der Waals surface area contributed by atoms with Gasteiger partial charge in [-0.2, -0.15) is 0 Å². The van der Waals surface area contributed by atoms with Crippen molar-refractivity contribution in [3.8, 4) is 0 Å². The molecule has 1 aromatic heterocycles. The molecule has 7 nitrogen and oxygen atoms in total. The largest absolute Gasteiger partial charge is 0.465 e. The van der Waals surface area contributed by atoms with Crippen LogP contribution in [0.1, 0.15) is 72.1 Å². The first-order chi connectivity index (χ1) is 12.2. The quantitative estimate of drug-likeness (QED) is 0.655. The lowest BCUT2D eigenvalue weighted by molar-refractivity contribution is -0.124. The standard InChI is InChI=1S/C19H30N2O5/c1-11(2)8-7-9-12(3)20-15(22)10-26-19(24)17-13(4)16(14(5)21-17)18(23)25-6/h11-12,21H,7-10H2,1-6H3,(H,20,22). The summed E-state index contributed by atoms with van der Waals surface area (Å²) in [6, 6.07) is 0.0281. The van der Waals surface area contributed by atoms with E-state index in [0.29, 0.717) is 22.7 Å². The van der Waals surface area contributed by atoms with Crippen molar-refractivity contribution < 1.29 is 23.9 Å². The second kappa shape index (κ2) is 9.99. The third kappa shape index (κ3) is 6.20. The summed E-state index contributed by atoms with van der Waals surface area (Å²) in [5.41, 5.74) is 1.43. The lowest BCUT2D eigenvalue weighted by Gasteiger charge is -2.14. The van der Waals surface area contributed by atoms with Crippen LogP contribution in [0.25, 0.3) is 0 Å². The number of hydrogen-bond acceptors (Lipinski definition) is 5. The van der Waals surface area contributed by atoms with Crippen molar-refractivity contribution in [1.82, 2.24) is 10.3 Å². The second-order valence-corrected chi connectivity index (χ2v) is 6.99. The Balaban J connectivity index is 2.54. The van der Waals surface area contributed by atoms with E-state index < -0.39 is 11.9 Å². The normalized spacial score (nSPS) is 12.0. The number of ether oxygens (including phenoxy) is 2. The summed E-state index contributed by atoms with van der Waals surface area (Å²) in [5, 5.41) is 2.82. The average Bonchev–Trinajstić information content (AvgIpc) is 2.86. The van der Waals surface area contributed by atoms with E-state index >= 15 is 0 Å². The summed E-state index contributed by atoms with van der Waals surface area (Å²) in [7, 11) is 1.28. The summed E-state index contributed by atoms with van der Waals surface area (Å²) in [4.78, 5) is 38.7. The highest BCUT2D eigenvalue weighted by Gasteiger charge is 2.23. The van der Waals surface area contributed by atoms with E-state index in [2.05, 4.69) is 24.1 Å². The van der Waals surface area contributed by atoms with E-state index in [0.717, 1.165) is 19.3 Å². The second-order valence-electron chi connectivity index (χ2n) is 6.99. The first-order valence-corrected chi connectivity index (χ1v) is 8.91. The van der Waals surface area contributed by atoms with Crippen molar-refractivity contribution in [3.05, 3.63) is 22.5 Å². The number of rotatable bonds is 9. The summed E-state index contributed by atoms with van der Waals surface area (Å²) < 4.78 is 9.77. The number of amides is 1. The summed E-state index contributed by atoms with van der Waals surface area (Å²) in [6.07, 6.45) is 3.04. The van der Waals surface area contributed by atoms with E-state index in [1.165, 1.54) is 7.11 Å². The van der Waals surface area contributed by atoms with Gasteiger partial charge in [0.1, 0.15) is 5.69 Å². The van der Waals surface area contributed by atoms with E-state index in [9.17, 15) is 14.4 Å². The fourth-order valence-electron chi connectivity index (χ4n) is 2.79. The molecular weight excluding hydrogens is 336 g/mol. The smallest absolute Gasteiger partial charge is 0.355 e. The summed E-state index contributed by atoms with van der Waals surface area (Å²) in [5.74, 6) is -0.905. The molecular formula is C19H30N2O5. The number of aryl methyl sites for hydroxylation is 1. The lowest BCUT2D eigenvalue weighted by atomic mass is 10.0. The van der Waals surface area contributed by atoms with Gasteiger partial charge >= 0.3 is 11.9 Å². The predicted octanol–water partition coefficient (Wildman–Crippen LogP) is 2.91. The number of carbonyl (C=O) groups excluding carboxylic acids is 3. The van der Waals surface area contributed by atoms with Crippen molar-refractivity contribution in [2.75, 3.05) is 13.7 Å². The molecule has 0 bridgehead atoms. The molecule has 0 saturated carbocycles. The molecule has 0 radical (unpaired) electrons. The first-order valence-electron chi connectivity index (χ1n) is 8.91. The third-order valence-corrected chi connectivity index (χ3v) is 4.19. The number of methoxy groups -OCH3 is 1. The van der Waals surface area contributed by atoms with Crippen LogP contribution in [0.3, 0.4) is 0 Å². The molecule has 1 heterocycles. The number of aromatic nitrogens is 1. The lowest BCUT2D eigenvalue weighted by Crippen LogP contribution is -2.36. The topological polar surface area (TPSA) is 97.5 Å². The van der Waals surface area contributed by atoms with Gasteiger partial charge in [-0.15, -0.1) is 0 Å². The molecule has 1 unspecified atom stereocenters. The van der Waals surface area contributed by atoms with Gasteiger partial charge in [0.15, 0.2) is 6.61 Å². The Hall–Kier alpha value is -2.31. The first kappa shape index (κ1) is 21.7. The minimum absolute atomic E-state index is 0.0281. The van der Waals surface area contributed by atoms with Crippen LogP contribution in [0.5, 0.6) is 0 Å². The van der Waals surface area contributed by atoms with Crippen molar-refractivity contribution in [1.29, 1.82) is 0 Å². The molecule has 1 atom stereocenters. The Kier molecular flexibility index (Phi) is 8.35. The van der Waals surface area contributed by atoms with Crippen molar-refractivity contribution in [2.24, 2.45) is 5.92 Å². The Morgan fingerprint density at radius 3 is 2.31 bits per heavy atom. The summed E-state index contributed by atoms with van der Waals surface area (Å²) >= 11 is 0. The van der Waals surface area contributed by atoms with E-state index in [4.69, 9.17) is 9.47 Å². The van der Waals surface area contributed by atoms with Crippen LogP contribution in [0.15, 0.2) is 0 Å². The summed E-state index contributed by atoms with van der Waals surface area (Å²) in [6.45, 7) is 9.20. The fraction of sp³-hybridized carbons (Fsp3) is 0.632. The zero-order valence-corrected chi connectivity index (χ0v) is 16.5. The molecule has 1 amide bonds. The Morgan fingerprint density at radius 2 is 1.73 bits per heavy atom. The molecule has 7 heteroatoms. The highest BCUT2D eigenvalue weighted by atomic mass is 16.5. The molecule has 0 aromatic carbocycles. The van der Waals surface area contributed by atoms with Gasteiger partial charge in [0, 0.05) is 11.7 Å². The number of aromatic amines is 1. The maximum atomic E-state index is 12.2. The fourth-order valence-corrected chi connectivity index (χ4v) is 2.79. The number of esters is 2. The van der Waals surface area contributed by atoms with Crippen LogP contribution in [-0.4, -0.2) is 42.6 Å². The molecule has 146 valence electrons. The Morgan fingerprint density at radius 1 is 1.08 bits per heavy atom. The molecule has 0 fully saturated rings. The Bertz CT molecular complexity index is 649. The average molecular weight is 366 g/mol. The van der Waals surface area contributed by atoms with Gasteiger partial charge in [-0.3, -0.25) is 4.79 Å². The van der Waals surface area contributed by atoms with Crippen LogP contribution in [-0.2, 0) is 14.3 Å². The highest BCUT2D eigenvalue weighted by molar-refractivity contribution is 5.99. The van der Waals surface area contributed by atoms with Crippen LogP contribution in [0.2, 0.25) is 0 Å². The van der Waals surface area contributed by atoms with Crippen LogP contribution in [0.4, 0.5) is 0 Å². The number of hydrogen-bond donors (Lipinski definition) is 2. The zero-order valence-electron chi connectivity index (χ0n) is 16.5. The van der Waals surface area contributed by atoms with Crippen molar-refractivity contribution >= 4 is 17.8 Å². The molecule has 0 aliphatic rings. The predicted molar refractivity (Wildman–Crippen MR) is 98.2 cm³/mol. The molecule has 0 aliphatic heterocycles. The molecule has 0 saturated heterocycles. The molecule has 1 aromatic rings. The molecule has 0 aliphatic carbocycles. The van der Waals surface area contributed by atoms with Gasteiger partial charge in [0.05, 0.1) is 12.7 Å². The molecule has 26 heavy (non-hydrogen) atoms. The monoisotopic (exact) mass is 366 g/mol.